The van der Waals surface area contributed by atoms with Crippen molar-refractivity contribution in [1.29, 1.82) is 0 Å². The van der Waals surface area contributed by atoms with Crippen LogP contribution in [-0.2, 0) is 12.0 Å². The van der Waals surface area contributed by atoms with Crippen molar-refractivity contribution in [3.8, 4) is 0 Å². The predicted octanol–water partition coefficient (Wildman–Crippen LogP) is 2.93. The highest BCUT2D eigenvalue weighted by Crippen LogP contribution is 2.30. The van der Waals surface area contributed by atoms with Crippen LogP contribution in [0.5, 0.6) is 0 Å². The Morgan fingerprint density at radius 2 is 2.19 bits per heavy atom. The van der Waals surface area contributed by atoms with Crippen molar-refractivity contribution in [3.05, 3.63) is 41.7 Å². The van der Waals surface area contributed by atoms with E-state index in [1.807, 2.05) is 17.0 Å². The molecule has 0 aromatic carbocycles. The monoisotopic (exact) mass is 371 g/mol. The van der Waals surface area contributed by atoms with E-state index in [4.69, 9.17) is 10.2 Å². The summed E-state index contributed by atoms with van der Waals surface area (Å²) in [6.45, 7) is 7.85. The average molecular weight is 371 g/mol. The molecule has 146 valence electrons. The molecule has 3 N–H and O–H groups in total. The summed E-state index contributed by atoms with van der Waals surface area (Å²) in [6.07, 6.45) is 6.17. The van der Waals surface area contributed by atoms with Crippen LogP contribution >= 0.6 is 0 Å². The highest BCUT2D eigenvalue weighted by molar-refractivity contribution is 5.98. The Bertz CT molecular complexity index is 763. The molecule has 1 fully saturated rings. The van der Waals surface area contributed by atoms with Gasteiger partial charge in [0.15, 0.2) is 0 Å². The maximum Gasteiger partial charge on any atom is 0.259 e. The maximum absolute atomic E-state index is 13.2. The second kappa shape index (κ2) is 8.08. The largest absolute Gasteiger partial charge is 0.467 e. The zero-order valence-electron chi connectivity index (χ0n) is 16.4. The predicted molar refractivity (Wildman–Crippen MR) is 104 cm³/mol. The van der Waals surface area contributed by atoms with E-state index in [-0.39, 0.29) is 11.3 Å². The molecule has 0 spiro atoms. The third kappa shape index (κ3) is 4.86. The van der Waals surface area contributed by atoms with Gasteiger partial charge < -0.3 is 20.4 Å². The van der Waals surface area contributed by atoms with Gasteiger partial charge in [-0.1, -0.05) is 20.8 Å². The van der Waals surface area contributed by atoms with Gasteiger partial charge >= 0.3 is 0 Å². The molecule has 1 aliphatic carbocycles. The molecule has 0 aliphatic heterocycles. The van der Waals surface area contributed by atoms with E-state index in [0.29, 0.717) is 42.9 Å². The standard InChI is InChI=1S/C20H29N5O2/c1-20(2,3)19-23-13-16(17(24-19)22-12-15-6-4-11-27-15)18(26)25(10-5-9-21)14-7-8-14/h4,6,11,13-14H,5,7-10,12,21H2,1-3H3,(H,22,23,24). The molecule has 1 amide bonds. The van der Waals surface area contributed by atoms with E-state index in [9.17, 15) is 4.79 Å². The van der Waals surface area contributed by atoms with Crippen molar-refractivity contribution >= 4 is 11.7 Å². The number of amides is 1. The van der Waals surface area contributed by atoms with Gasteiger partial charge in [0, 0.05) is 24.2 Å². The highest BCUT2D eigenvalue weighted by Gasteiger charge is 2.34. The van der Waals surface area contributed by atoms with Crippen LogP contribution in [0.4, 0.5) is 5.82 Å². The highest BCUT2D eigenvalue weighted by atomic mass is 16.3. The van der Waals surface area contributed by atoms with Crippen LogP contribution in [0, 0.1) is 0 Å². The van der Waals surface area contributed by atoms with Gasteiger partial charge in [0.2, 0.25) is 0 Å². The van der Waals surface area contributed by atoms with Crippen LogP contribution in [0.1, 0.15) is 62.0 Å². The molecule has 0 unspecified atom stereocenters. The normalized spacial score (nSPS) is 14.2. The van der Waals surface area contributed by atoms with Gasteiger partial charge in [-0.25, -0.2) is 9.97 Å². The van der Waals surface area contributed by atoms with Crippen LogP contribution in [0.25, 0.3) is 0 Å². The lowest BCUT2D eigenvalue weighted by Crippen LogP contribution is -2.36. The van der Waals surface area contributed by atoms with Crippen molar-refractivity contribution in [2.24, 2.45) is 5.73 Å². The number of furan rings is 1. The van der Waals surface area contributed by atoms with Crippen molar-refractivity contribution in [3.63, 3.8) is 0 Å². The van der Waals surface area contributed by atoms with Gasteiger partial charge in [-0.3, -0.25) is 4.79 Å². The van der Waals surface area contributed by atoms with Gasteiger partial charge in [0.05, 0.1) is 12.8 Å². The van der Waals surface area contributed by atoms with E-state index < -0.39 is 0 Å². The fourth-order valence-electron chi connectivity index (χ4n) is 2.87. The maximum atomic E-state index is 13.2. The lowest BCUT2D eigenvalue weighted by atomic mass is 9.95. The summed E-state index contributed by atoms with van der Waals surface area (Å²) < 4.78 is 5.39. The second-order valence-corrected chi connectivity index (χ2v) is 8.01. The SMILES string of the molecule is CC(C)(C)c1ncc(C(=O)N(CCCN)C2CC2)c(NCc2ccco2)n1. The fraction of sp³-hybridized carbons (Fsp3) is 0.550. The molecule has 1 aliphatic rings. The summed E-state index contributed by atoms with van der Waals surface area (Å²) >= 11 is 0. The Hall–Kier alpha value is -2.41. The van der Waals surface area contributed by atoms with E-state index in [2.05, 4.69) is 36.1 Å². The van der Waals surface area contributed by atoms with Crippen LogP contribution in [-0.4, -0.2) is 39.9 Å². The number of nitrogens with two attached hydrogens (primary N) is 1. The number of rotatable bonds is 8. The molecule has 7 heteroatoms. The minimum Gasteiger partial charge on any atom is -0.467 e. The zero-order valence-corrected chi connectivity index (χ0v) is 16.4. The molecular formula is C20H29N5O2. The molecule has 2 heterocycles. The van der Waals surface area contributed by atoms with Crippen LogP contribution in [0.15, 0.2) is 29.0 Å². The number of hydrogen-bond acceptors (Lipinski definition) is 6. The minimum absolute atomic E-state index is 0.0339. The third-order valence-electron chi connectivity index (χ3n) is 4.55. The van der Waals surface area contributed by atoms with Crippen LogP contribution in [0.2, 0.25) is 0 Å². The zero-order chi connectivity index (χ0) is 19.4. The molecule has 7 nitrogen and oxygen atoms in total. The first-order chi connectivity index (χ1) is 12.9. The Balaban J connectivity index is 1.88. The smallest absolute Gasteiger partial charge is 0.259 e. The van der Waals surface area contributed by atoms with E-state index in [1.165, 1.54) is 0 Å². The second-order valence-electron chi connectivity index (χ2n) is 8.01. The molecule has 2 aromatic rings. The fourth-order valence-corrected chi connectivity index (χ4v) is 2.87. The third-order valence-corrected chi connectivity index (χ3v) is 4.55. The van der Waals surface area contributed by atoms with Gasteiger partial charge in [-0.15, -0.1) is 0 Å². The van der Waals surface area contributed by atoms with Crippen LogP contribution in [0.3, 0.4) is 0 Å². The average Bonchev–Trinajstić information content (AvgIpc) is 3.33. The lowest BCUT2D eigenvalue weighted by molar-refractivity contribution is 0.0742. The first kappa shape index (κ1) is 19.4. The summed E-state index contributed by atoms with van der Waals surface area (Å²) in [4.78, 5) is 24.3. The Labute approximate surface area is 160 Å². The number of aromatic nitrogens is 2. The topological polar surface area (TPSA) is 97.3 Å². The molecule has 0 saturated heterocycles. The van der Waals surface area contributed by atoms with Gasteiger partial charge in [0.25, 0.3) is 5.91 Å². The van der Waals surface area contributed by atoms with Gasteiger partial charge in [0.1, 0.15) is 23.0 Å². The van der Waals surface area contributed by atoms with E-state index in [0.717, 1.165) is 25.0 Å². The van der Waals surface area contributed by atoms with Crippen LogP contribution < -0.4 is 11.1 Å². The van der Waals surface area contributed by atoms with E-state index >= 15 is 0 Å². The van der Waals surface area contributed by atoms with Crippen molar-refractivity contribution in [2.75, 3.05) is 18.4 Å². The number of anilines is 1. The first-order valence-electron chi connectivity index (χ1n) is 9.55. The summed E-state index contributed by atoms with van der Waals surface area (Å²) in [5.41, 5.74) is 5.94. The number of hydrogen-bond donors (Lipinski definition) is 2. The number of carbonyl (C=O) groups is 1. The quantitative estimate of drug-likeness (QED) is 0.740. The summed E-state index contributed by atoms with van der Waals surface area (Å²) in [5.74, 6) is 2.00. The van der Waals surface area contributed by atoms with Gasteiger partial charge in [-0.2, -0.15) is 0 Å². The molecule has 27 heavy (non-hydrogen) atoms. The van der Waals surface area contributed by atoms with E-state index in [1.54, 1.807) is 12.5 Å². The lowest BCUT2D eigenvalue weighted by Gasteiger charge is -2.24. The Kier molecular flexibility index (Phi) is 5.79. The number of carbonyl (C=O) groups excluding carboxylic acids is 1. The number of nitrogens with one attached hydrogen (secondary N) is 1. The number of nitrogens with zero attached hydrogens (tertiary/aromatic N) is 3. The minimum atomic E-state index is -0.210. The first-order valence-corrected chi connectivity index (χ1v) is 9.55. The molecule has 3 rings (SSSR count). The van der Waals surface area contributed by atoms with Crippen molar-refractivity contribution in [2.45, 2.75) is 58.0 Å². The summed E-state index contributed by atoms with van der Waals surface area (Å²) in [5, 5.41) is 3.26. The molecular weight excluding hydrogens is 342 g/mol. The molecule has 0 bridgehead atoms. The Morgan fingerprint density at radius 3 is 2.78 bits per heavy atom. The molecule has 2 aromatic heterocycles. The molecule has 0 radical (unpaired) electrons. The van der Waals surface area contributed by atoms with Crippen molar-refractivity contribution in [1.82, 2.24) is 14.9 Å². The molecule has 0 atom stereocenters. The summed E-state index contributed by atoms with van der Waals surface area (Å²) in [7, 11) is 0. The summed E-state index contributed by atoms with van der Waals surface area (Å²) in [6, 6.07) is 4.04. The van der Waals surface area contributed by atoms with Gasteiger partial charge in [-0.05, 0) is 37.9 Å². The Morgan fingerprint density at radius 1 is 1.41 bits per heavy atom. The van der Waals surface area contributed by atoms with Crippen molar-refractivity contribution < 1.29 is 9.21 Å². The molecule has 1 saturated carbocycles.